The Balaban J connectivity index is 1.73. The molecule has 1 aliphatic heterocycles. The van der Waals surface area contributed by atoms with Crippen LogP contribution in [0.15, 0.2) is 83.4 Å². The lowest BCUT2D eigenvalue weighted by Crippen LogP contribution is -2.31. The van der Waals surface area contributed by atoms with Crippen molar-refractivity contribution in [3.63, 3.8) is 0 Å². The largest absolute Gasteiger partial charge is 0.497 e. The third-order valence-electron chi connectivity index (χ3n) is 5.51. The highest BCUT2D eigenvalue weighted by molar-refractivity contribution is 8.05. The Hall–Kier alpha value is -4.09. The van der Waals surface area contributed by atoms with Crippen molar-refractivity contribution in [1.29, 1.82) is 5.26 Å². The Morgan fingerprint density at radius 1 is 1.11 bits per heavy atom. The summed E-state index contributed by atoms with van der Waals surface area (Å²) in [5, 5.41) is 12.2. The van der Waals surface area contributed by atoms with E-state index < -0.39 is 17.0 Å². The number of benzene rings is 3. The number of carbonyl (C=O) groups is 2. The molecule has 0 spiro atoms. The number of aryl methyl sites for hydroxylation is 1. The van der Waals surface area contributed by atoms with Crippen LogP contribution >= 0.6 is 11.8 Å². The number of hydrogen-bond donors (Lipinski definition) is 1. The number of methoxy groups -OCH3 is 1. The number of rotatable bonds is 6. The molecule has 3 aromatic carbocycles. The number of ether oxygens (including phenoxy) is 1. The monoisotopic (exact) mass is 487 g/mol. The lowest BCUT2D eigenvalue weighted by molar-refractivity contribution is -0.117. The molecule has 0 radical (unpaired) electrons. The fourth-order valence-electron chi connectivity index (χ4n) is 3.65. The minimum Gasteiger partial charge on any atom is -0.497 e. The van der Waals surface area contributed by atoms with Gasteiger partial charge in [-0.3, -0.25) is 14.5 Å². The molecule has 3 aromatic rings. The van der Waals surface area contributed by atoms with Crippen LogP contribution < -0.4 is 15.0 Å². The summed E-state index contributed by atoms with van der Waals surface area (Å²) < 4.78 is 19.5. The standard InChI is InChI=1S/C27H22FN3O3S/c1-17-7-9-19(10-8-17)30-25(32)22(16-29)27-31(20-11-13-21(34-2)14-12-20)26(33)24(35-27)15-18-5-3-4-6-23(18)28/h3-14,24H,15H2,1-2H3,(H,30,32)/b27-22-. The first-order valence-electron chi connectivity index (χ1n) is 10.8. The molecule has 4 rings (SSSR count). The number of nitriles is 1. The number of amides is 2. The van der Waals surface area contributed by atoms with E-state index in [0.717, 1.165) is 17.3 Å². The molecular formula is C27H22FN3O3S. The van der Waals surface area contributed by atoms with Gasteiger partial charge in [0.05, 0.1) is 12.4 Å². The van der Waals surface area contributed by atoms with Crippen LogP contribution in [0.1, 0.15) is 11.1 Å². The van der Waals surface area contributed by atoms with Gasteiger partial charge in [0.2, 0.25) is 5.91 Å². The van der Waals surface area contributed by atoms with Crippen LogP contribution in [0.5, 0.6) is 5.75 Å². The molecule has 1 unspecified atom stereocenters. The highest BCUT2D eigenvalue weighted by atomic mass is 32.2. The molecule has 1 atom stereocenters. The average Bonchev–Trinajstić information content (AvgIpc) is 3.18. The van der Waals surface area contributed by atoms with E-state index in [-0.39, 0.29) is 22.9 Å². The Kier molecular flexibility index (Phi) is 7.18. The van der Waals surface area contributed by atoms with Gasteiger partial charge in [-0.2, -0.15) is 5.26 Å². The predicted octanol–water partition coefficient (Wildman–Crippen LogP) is 5.21. The Bertz CT molecular complexity index is 1330. The maximum absolute atomic E-state index is 14.3. The van der Waals surface area contributed by atoms with Crippen LogP contribution in [0.3, 0.4) is 0 Å². The minimum atomic E-state index is -0.709. The van der Waals surface area contributed by atoms with E-state index in [0.29, 0.717) is 22.7 Å². The Labute approximate surface area is 207 Å². The zero-order chi connectivity index (χ0) is 24.9. The number of nitrogens with zero attached hydrogens (tertiary/aromatic N) is 2. The molecule has 0 aromatic heterocycles. The van der Waals surface area contributed by atoms with Crippen molar-refractivity contribution in [2.45, 2.75) is 18.6 Å². The first-order chi connectivity index (χ1) is 16.9. The molecule has 8 heteroatoms. The van der Waals surface area contributed by atoms with E-state index in [2.05, 4.69) is 5.32 Å². The second-order valence-corrected chi connectivity index (χ2v) is 9.08. The van der Waals surface area contributed by atoms with E-state index in [1.54, 1.807) is 54.6 Å². The van der Waals surface area contributed by atoms with E-state index in [4.69, 9.17) is 4.74 Å². The van der Waals surface area contributed by atoms with Crippen molar-refractivity contribution in [3.05, 3.63) is 100 Å². The van der Waals surface area contributed by atoms with Gasteiger partial charge in [0.15, 0.2) is 0 Å². The molecule has 0 saturated carbocycles. The van der Waals surface area contributed by atoms with Gasteiger partial charge in [-0.15, -0.1) is 0 Å². The van der Waals surface area contributed by atoms with Gasteiger partial charge < -0.3 is 10.1 Å². The number of halogens is 1. The van der Waals surface area contributed by atoms with Gasteiger partial charge in [-0.05, 0) is 61.4 Å². The molecule has 0 bridgehead atoms. The highest BCUT2D eigenvalue weighted by Crippen LogP contribution is 2.42. The van der Waals surface area contributed by atoms with Gasteiger partial charge >= 0.3 is 0 Å². The zero-order valence-corrected chi connectivity index (χ0v) is 19.9. The van der Waals surface area contributed by atoms with Crippen LogP contribution in [0.4, 0.5) is 15.8 Å². The third kappa shape index (κ3) is 5.20. The van der Waals surface area contributed by atoms with Crippen LogP contribution in [-0.2, 0) is 16.0 Å². The van der Waals surface area contributed by atoms with Gasteiger partial charge in [-0.1, -0.05) is 47.7 Å². The summed E-state index contributed by atoms with van der Waals surface area (Å²) in [5.74, 6) is -0.780. The van der Waals surface area contributed by atoms with E-state index in [1.165, 1.54) is 18.1 Å². The van der Waals surface area contributed by atoms with Gasteiger partial charge in [0, 0.05) is 11.4 Å². The van der Waals surface area contributed by atoms with Crippen LogP contribution in [0.2, 0.25) is 0 Å². The normalized spacial score (nSPS) is 16.6. The minimum absolute atomic E-state index is 0.116. The number of anilines is 2. The molecule has 1 saturated heterocycles. The SMILES string of the molecule is COc1ccc(N2C(=O)C(Cc3ccccc3F)S/C2=C(/C#N)C(=O)Nc2ccc(C)cc2)cc1. The van der Waals surface area contributed by atoms with Crippen LogP contribution in [0.25, 0.3) is 0 Å². The fraction of sp³-hybridized carbons (Fsp3) is 0.148. The van der Waals surface area contributed by atoms with Crippen molar-refractivity contribution in [1.82, 2.24) is 0 Å². The molecular weight excluding hydrogens is 465 g/mol. The first kappa shape index (κ1) is 24.0. The van der Waals surface area contributed by atoms with Crippen LogP contribution in [-0.4, -0.2) is 24.2 Å². The van der Waals surface area contributed by atoms with Gasteiger partial charge in [0.25, 0.3) is 5.91 Å². The zero-order valence-electron chi connectivity index (χ0n) is 19.1. The molecule has 1 aliphatic rings. The molecule has 1 fully saturated rings. The van der Waals surface area contributed by atoms with Crippen molar-refractivity contribution in [2.24, 2.45) is 0 Å². The summed E-state index contributed by atoms with van der Waals surface area (Å²) in [7, 11) is 1.53. The molecule has 1 N–H and O–H groups in total. The van der Waals surface area contributed by atoms with Gasteiger partial charge in [-0.25, -0.2) is 4.39 Å². The average molecular weight is 488 g/mol. The molecule has 6 nitrogen and oxygen atoms in total. The van der Waals surface area contributed by atoms with Crippen molar-refractivity contribution in [3.8, 4) is 11.8 Å². The summed E-state index contributed by atoms with van der Waals surface area (Å²) in [6.45, 7) is 1.93. The molecule has 35 heavy (non-hydrogen) atoms. The second kappa shape index (κ2) is 10.5. The van der Waals surface area contributed by atoms with Gasteiger partial charge in [0.1, 0.15) is 28.2 Å². The lowest BCUT2D eigenvalue weighted by atomic mass is 10.1. The molecule has 1 heterocycles. The number of hydrogen-bond acceptors (Lipinski definition) is 5. The lowest BCUT2D eigenvalue weighted by Gasteiger charge is -2.19. The number of thioether (sulfide) groups is 1. The maximum Gasteiger partial charge on any atom is 0.269 e. The Morgan fingerprint density at radius 3 is 2.43 bits per heavy atom. The molecule has 0 aliphatic carbocycles. The molecule has 176 valence electrons. The summed E-state index contributed by atoms with van der Waals surface area (Å²) in [5.41, 5.74) is 2.22. The quantitative estimate of drug-likeness (QED) is 0.381. The van der Waals surface area contributed by atoms with E-state index in [1.807, 2.05) is 25.1 Å². The van der Waals surface area contributed by atoms with E-state index >= 15 is 0 Å². The highest BCUT2D eigenvalue weighted by Gasteiger charge is 2.41. The fourth-order valence-corrected chi connectivity index (χ4v) is 4.94. The number of nitrogens with one attached hydrogen (secondary N) is 1. The third-order valence-corrected chi connectivity index (χ3v) is 6.77. The Morgan fingerprint density at radius 2 is 1.80 bits per heavy atom. The van der Waals surface area contributed by atoms with Crippen molar-refractivity contribution in [2.75, 3.05) is 17.3 Å². The topological polar surface area (TPSA) is 82.4 Å². The molecule has 2 amide bonds. The first-order valence-corrected chi connectivity index (χ1v) is 11.7. The second-order valence-electron chi connectivity index (χ2n) is 7.89. The van der Waals surface area contributed by atoms with Crippen molar-refractivity contribution >= 4 is 35.0 Å². The predicted molar refractivity (Wildman–Crippen MR) is 134 cm³/mol. The summed E-state index contributed by atoms with van der Waals surface area (Å²) in [6.07, 6.45) is 0.116. The summed E-state index contributed by atoms with van der Waals surface area (Å²) in [6, 6.07) is 22.1. The van der Waals surface area contributed by atoms with Crippen molar-refractivity contribution < 1.29 is 18.7 Å². The number of carbonyl (C=O) groups excluding carboxylic acids is 2. The van der Waals surface area contributed by atoms with E-state index in [9.17, 15) is 19.2 Å². The summed E-state index contributed by atoms with van der Waals surface area (Å²) in [4.78, 5) is 27.9. The van der Waals surface area contributed by atoms with Crippen LogP contribution in [0, 0.1) is 24.1 Å². The maximum atomic E-state index is 14.3. The smallest absolute Gasteiger partial charge is 0.269 e. The summed E-state index contributed by atoms with van der Waals surface area (Å²) >= 11 is 1.08.